The second-order valence-corrected chi connectivity index (χ2v) is 15.5. The van der Waals surface area contributed by atoms with Gasteiger partial charge in [-0.1, -0.05) is 133 Å². The van der Waals surface area contributed by atoms with E-state index in [-0.39, 0.29) is 0 Å². The van der Waals surface area contributed by atoms with Crippen molar-refractivity contribution in [1.82, 2.24) is 24.1 Å². The van der Waals surface area contributed by atoms with Crippen molar-refractivity contribution in [2.45, 2.75) is 0 Å². The van der Waals surface area contributed by atoms with Crippen molar-refractivity contribution in [2.75, 3.05) is 0 Å². The maximum absolute atomic E-state index is 5.38. The minimum absolute atomic E-state index is 0.575. The molecule has 0 fully saturated rings. The predicted molar refractivity (Wildman–Crippen MR) is 238 cm³/mol. The molecule has 12 aromatic rings. The Balaban J connectivity index is 1.13. The van der Waals surface area contributed by atoms with E-state index in [1.165, 1.54) is 25.6 Å². The van der Waals surface area contributed by atoms with Crippen LogP contribution in [0.3, 0.4) is 0 Å². The number of hydrogen-bond acceptors (Lipinski definition) is 4. The third-order valence-electron chi connectivity index (χ3n) is 11.2. The van der Waals surface area contributed by atoms with Gasteiger partial charge in [0.1, 0.15) is 0 Å². The molecule has 0 N–H and O–H groups in total. The van der Waals surface area contributed by atoms with Crippen LogP contribution in [0.4, 0.5) is 0 Å². The number of thiophene rings is 1. The Labute approximate surface area is 331 Å². The molecular formula is C51H31N5S. The van der Waals surface area contributed by atoms with Crippen LogP contribution in [0.1, 0.15) is 0 Å². The second-order valence-electron chi connectivity index (χ2n) is 14.4. The van der Waals surface area contributed by atoms with Gasteiger partial charge in [-0.25, -0.2) is 4.98 Å². The third-order valence-corrected chi connectivity index (χ3v) is 12.3. The van der Waals surface area contributed by atoms with Gasteiger partial charge >= 0.3 is 0 Å². The lowest BCUT2D eigenvalue weighted by molar-refractivity contribution is 0.955. The average Bonchev–Trinajstić information content (AvgIpc) is 3.94. The Kier molecular flexibility index (Phi) is 7.03. The Morgan fingerprint density at radius 1 is 0.351 bits per heavy atom. The molecule has 4 aromatic heterocycles. The minimum atomic E-state index is 0.575. The Morgan fingerprint density at radius 2 is 0.965 bits per heavy atom. The van der Waals surface area contributed by atoms with Gasteiger partial charge in [0.2, 0.25) is 5.95 Å². The summed E-state index contributed by atoms with van der Waals surface area (Å²) in [7, 11) is 0. The molecule has 0 bridgehead atoms. The molecule has 4 heterocycles. The number of fused-ring (bicyclic) bond motifs is 10. The highest BCUT2D eigenvalue weighted by Crippen LogP contribution is 2.42. The molecular weight excluding hydrogens is 715 g/mol. The zero-order valence-electron chi connectivity index (χ0n) is 30.5. The molecule has 0 radical (unpaired) electrons. The Bertz CT molecular complexity index is 3520. The summed E-state index contributed by atoms with van der Waals surface area (Å²) < 4.78 is 7.21. The van der Waals surface area contributed by atoms with Gasteiger partial charge in [0.15, 0.2) is 11.6 Å². The lowest BCUT2D eigenvalue weighted by Gasteiger charge is -2.12. The lowest BCUT2D eigenvalue weighted by atomic mass is 10.0. The fourth-order valence-corrected chi connectivity index (χ4v) is 9.71. The summed E-state index contributed by atoms with van der Waals surface area (Å²) >= 11 is 1.84. The number of nitrogens with zero attached hydrogens (tertiary/aromatic N) is 5. The summed E-state index contributed by atoms with van der Waals surface area (Å²) in [5.41, 5.74) is 9.62. The van der Waals surface area contributed by atoms with E-state index in [1.807, 2.05) is 29.5 Å². The van der Waals surface area contributed by atoms with E-state index >= 15 is 0 Å². The van der Waals surface area contributed by atoms with Crippen molar-refractivity contribution in [3.05, 3.63) is 188 Å². The van der Waals surface area contributed by atoms with Gasteiger partial charge in [0.05, 0.1) is 22.1 Å². The first-order valence-corrected chi connectivity index (χ1v) is 19.9. The largest absolute Gasteiger partial charge is 0.309 e. The lowest BCUT2D eigenvalue weighted by Crippen LogP contribution is -2.06. The SMILES string of the molecule is c1ccc(-c2nc(-c3cccc(-c4ccc5sc6ccccc6c5c4)c3)nc(-n3c4ccccc4c4ccc5c(c6ccccc6n5-c5ccccc5)c43)n2)cc1. The van der Waals surface area contributed by atoms with Gasteiger partial charge in [-0.05, 0) is 65.7 Å². The van der Waals surface area contributed by atoms with Gasteiger partial charge in [-0.2, -0.15) is 9.97 Å². The summed E-state index contributed by atoms with van der Waals surface area (Å²) in [6.07, 6.45) is 0. The summed E-state index contributed by atoms with van der Waals surface area (Å²) in [6.45, 7) is 0. The summed E-state index contributed by atoms with van der Waals surface area (Å²) in [6, 6.07) is 66.6. The van der Waals surface area contributed by atoms with E-state index in [0.29, 0.717) is 17.6 Å². The van der Waals surface area contributed by atoms with Gasteiger partial charge in [0, 0.05) is 58.5 Å². The van der Waals surface area contributed by atoms with Gasteiger partial charge in [-0.15, -0.1) is 11.3 Å². The van der Waals surface area contributed by atoms with Crippen LogP contribution in [0.25, 0.3) is 109 Å². The van der Waals surface area contributed by atoms with Crippen LogP contribution < -0.4 is 0 Å². The summed E-state index contributed by atoms with van der Waals surface area (Å²) in [5.74, 6) is 1.82. The molecule has 266 valence electrons. The van der Waals surface area contributed by atoms with E-state index < -0.39 is 0 Å². The van der Waals surface area contributed by atoms with Crippen molar-refractivity contribution >= 4 is 75.1 Å². The highest BCUT2D eigenvalue weighted by molar-refractivity contribution is 7.25. The minimum Gasteiger partial charge on any atom is -0.309 e. The van der Waals surface area contributed by atoms with E-state index in [1.54, 1.807) is 0 Å². The number of rotatable bonds is 5. The van der Waals surface area contributed by atoms with Crippen LogP contribution in [-0.2, 0) is 0 Å². The number of benzene rings is 8. The zero-order valence-corrected chi connectivity index (χ0v) is 31.4. The molecule has 12 rings (SSSR count). The Morgan fingerprint density at radius 3 is 1.79 bits per heavy atom. The van der Waals surface area contributed by atoms with Gasteiger partial charge < -0.3 is 4.57 Å². The molecule has 0 atom stereocenters. The molecule has 0 aliphatic rings. The Hall–Kier alpha value is -7.41. The van der Waals surface area contributed by atoms with Crippen LogP contribution in [0.15, 0.2) is 188 Å². The fourth-order valence-electron chi connectivity index (χ4n) is 8.63. The first kappa shape index (κ1) is 31.9. The molecule has 0 aliphatic heterocycles. The predicted octanol–water partition coefficient (Wildman–Crippen LogP) is 13.4. The zero-order chi connectivity index (χ0) is 37.5. The number of aromatic nitrogens is 5. The average molecular weight is 746 g/mol. The summed E-state index contributed by atoms with van der Waals surface area (Å²) in [4.78, 5) is 15.9. The quantitative estimate of drug-likeness (QED) is 0.176. The van der Waals surface area contributed by atoms with Crippen molar-refractivity contribution < 1.29 is 0 Å². The maximum atomic E-state index is 5.38. The van der Waals surface area contributed by atoms with Gasteiger partial charge in [-0.3, -0.25) is 4.57 Å². The van der Waals surface area contributed by atoms with E-state index in [9.17, 15) is 0 Å². The van der Waals surface area contributed by atoms with Crippen LogP contribution >= 0.6 is 11.3 Å². The third kappa shape index (κ3) is 4.98. The molecule has 0 saturated heterocycles. The molecule has 0 aliphatic carbocycles. The molecule has 0 spiro atoms. The van der Waals surface area contributed by atoms with Crippen LogP contribution in [0.5, 0.6) is 0 Å². The smallest absolute Gasteiger partial charge is 0.238 e. The molecule has 6 heteroatoms. The van der Waals surface area contributed by atoms with Crippen LogP contribution in [-0.4, -0.2) is 24.1 Å². The number of hydrogen-bond donors (Lipinski definition) is 0. The fraction of sp³-hybridized carbons (Fsp3) is 0. The topological polar surface area (TPSA) is 48.5 Å². The highest BCUT2D eigenvalue weighted by atomic mass is 32.1. The van der Waals surface area contributed by atoms with Crippen LogP contribution in [0, 0.1) is 0 Å². The maximum Gasteiger partial charge on any atom is 0.238 e. The van der Waals surface area contributed by atoms with E-state index in [4.69, 9.17) is 15.0 Å². The standard InChI is InChI=1S/C51H31N5S/c1-3-14-32(15-4-1)49-52-50(35-17-13-16-33(30-35)34-26-29-46-41(31-34)38-21-9-12-25-45(38)57-46)54-51(53-49)56-42-23-10-7-20-37(42)39-27-28-44-47(48(39)56)40-22-8-11-24-43(40)55(44)36-18-5-2-6-19-36/h1-31H. The van der Waals surface area contributed by atoms with Crippen molar-refractivity contribution in [3.8, 4) is 45.5 Å². The first-order chi connectivity index (χ1) is 28.3. The van der Waals surface area contributed by atoms with E-state index in [2.05, 4.69) is 179 Å². The molecule has 0 unspecified atom stereocenters. The van der Waals surface area contributed by atoms with Gasteiger partial charge in [0.25, 0.3) is 0 Å². The molecule has 0 amide bonds. The van der Waals surface area contributed by atoms with E-state index in [0.717, 1.165) is 66.2 Å². The highest BCUT2D eigenvalue weighted by Gasteiger charge is 2.23. The molecule has 8 aromatic carbocycles. The van der Waals surface area contributed by atoms with Crippen LogP contribution in [0.2, 0.25) is 0 Å². The van der Waals surface area contributed by atoms with Crippen molar-refractivity contribution in [1.29, 1.82) is 0 Å². The molecule has 5 nitrogen and oxygen atoms in total. The number of para-hydroxylation sites is 3. The first-order valence-electron chi connectivity index (χ1n) is 19.1. The second kappa shape index (κ2) is 12.6. The summed E-state index contributed by atoms with van der Waals surface area (Å²) in [5, 5.41) is 7.19. The normalized spacial score (nSPS) is 11.9. The molecule has 0 saturated carbocycles. The van der Waals surface area contributed by atoms with Crippen molar-refractivity contribution in [2.24, 2.45) is 0 Å². The van der Waals surface area contributed by atoms with Crippen molar-refractivity contribution in [3.63, 3.8) is 0 Å². The molecule has 57 heavy (non-hydrogen) atoms. The monoisotopic (exact) mass is 745 g/mol.